The first-order valence-corrected chi connectivity index (χ1v) is 7.82. The molecule has 1 amide bonds. The molecular formula is C19H22F2N2O2. The van der Waals surface area contributed by atoms with Gasteiger partial charge in [-0.1, -0.05) is 24.3 Å². The molecule has 0 saturated heterocycles. The summed E-state index contributed by atoms with van der Waals surface area (Å²) in [4.78, 5) is 14.6. The molecule has 1 N–H and O–H groups in total. The Balaban J connectivity index is 2.27. The molecule has 6 heteroatoms. The van der Waals surface area contributed by atoms with Gasteiger partial charge in [-0.15, -0.1) is 0 Å². The summed E-state index contributed by atoms with van der Waals surface area (Å²) < 4.78 is 33.6. The van der Waals surface area contributed by atoms with Gasteiger partial charge >= 0.3 is 0 Å². The van der Waals surface area contributed by atoms with Gasteiger partial charge in [-0.25, -0.2) is 8.78 Å². The number of hydrogen-bond donors (Lipinski definition) is 1. The topological polar surface area (TPSA) is 41.6 Å². The molecule has 25 heavy (non-hydrogen) atoms. The first-order valence-electron chi connectivity index (χ1n) is 7.82. The van der Waals surface area contributed by atoms with Crippen LogP contribution in [0.15, 0.2) is 42.5 Å². The maximum atomic E-state index is 14.3. The van der Waals surface area contributed by atoms with E-state index in [1.54, 1.807) is 12.1 Å². The molecule has 134 valence electrons. The molecule has 0 fully saturated rings. The largest absolute Gasteiger partial charge is 0.364 e. The minimum absolute atomic E-state index is 0.0205. The van der Waals surface area contributed by atoms with E-state index in [-0.39, 0.29) is 11.3 Å². The van der Waals surface area contributed by atoms with Gasteiger partial charge in [0.15, 0.2) is 5.60 Å². The van der Waals surface area contributed by atoms with Crippen LogP contribution in [0.25, 0.3) is 0 Å². The van der Waals surface area contributed by atoms with E-state index in [1.807, 2.05) is 19.0 Å². The molecule has 4 nitrogen and oxygen atoms in total. The smallest absolute Gasteiger partial charge is 0.261 e. The van der Waals surface area contributed by atoms with Crippen molar-refractivity contribution >= 4 is 11.6 Å². The zero-order chi connectivity index (χ0) is 18.6. The number of amides is 1. The molecule has 2 aromatic rings. The number of nitrogens with zero attached hydrogens (tertiary/aromatic N) is 1. The van der Waals surface area contributed by atoms with E-state index in [0.29, 0.717) is 6.54 Å². The zero-order valence-corrected chi connectivity index (χ0v) is 14.8. The summed E-state index contributed by atoms with van der Waals surface area (Å²) in [5.74, 6) is -1.78. The number of ether oxygens (including phenoxy) is 1. The van der Waals surface area contributed by atoms with E-state index in [4.69, 9.17) is 4.74 Å². The van der Waals surface area contributed by atoms with E-state index >= 15 is 0 Å². The molecule has 0 aliphatic heterocycles. The van der Waals surface area contributed by atoms with E-state index < -0.39 is 23.1 Å². The van der Waals surface area contributed by atoms with Crippen LogP contribution in [-0.2, 0) is 21.7 Å². The van der Waals surface area contributed by atoms with Gasteiger partial charge in [0.25, 0.3) is 5.91 Å². The average Bonchev–Trinajstić information content (AvgIpc) is 2.56. The first-order chi connectivity index (χ1) is 11.8. The number of benzene rings is 2. The quantitative estimate of drug-likeness (QED) is 0.868. The van der Waals surface area contributed by atoms with Crippen molar-refractivity contribution in [1.82, 2.24) is 4.90 Å². The van der Waals surface area contributed by atoms with Crippen molar-refractivity contribution in [2.75, 3.05) is 26.5 Å². The van der Waals surface area contributed by atoms with Gasteiger partial charge in [0, 0.05) is 19.2 Å². The monoisotopic (exact) mass is 348 g/mol. The molecule has 0 aromatic heterocycles. The zero-order valence-electron chi connectivity index (χ0n) is 14.8. The van der Waals surface area contributed by atoms with Crippen LogP contribution in [-0.4, -0.2) is 32.0 Å². The first kappa shape index (κ1) is 19.0. The maximum Gasteiger partial charge on any atom is 0.261 e. The molecule has 0 bridgehead atoms. The molecule has 2 rings (SSSR count). The van der Waals surface area contributed by atoms with Crippen LogP contribution in [0.5, 0.6) is 0 Å². The normalized spacial score (nSPS) is 13.6. The van der Waals surface area contributed by atoms with Crippen molar-refractivity contribution in [2.24, 2.45) is 0 Å². The molecule has 2 aromatic carbocycles. The summed E-state index contributed by atoms with van der Waals surface area (Å²) in [5, 5.41) is 2.49. The van der Waals surface area contributed by atoms with Gasteiger partial charge < -0.3 is 15.0 Å². The van der Waals surface area contributed by atoms with E-state index in [2.05, 4.69) is 5.32 Å². The Hall–Kier alpha value is -2.31. The Morgan fingerprint density at radius 2 is 1.84 bits per heavy atom. The number of anilines is 1. The fourth-order valence-corrected chi connectivity index (χ4v) is 2.54. The second-order valence-electron chi connectivity index (χ2n) is 6.22. The van der Waals surface area contributed by atoms with Crippen molar-refractivity contribution in [1.29, 1.82) is 0 Å². The third-order valence-electron chi connectivity index (χ3n) is 4.01. The molecule has 0 aliphatic rings. The van der Waals surface area contributed by atoms with Gasteiger partial charge in [-0.2, -0.15) is 0 Å². The minimum atomic E-state index is -1.58. The Bertz CT molecular complexity index is 765. The molecule has 0 spiro atoms. The van der Waals surface area contributed by atoms with Gasteiger partial charge in [0.1, 0.15) is 11.6 Å². The third-order valence-corrected chi connectivity index (χ3v) is 4.01. The Kier molecular flexibility index (Phi) is 5.87. The summed E-state index contributed by atoms with van der Waals surface area (Å²) in [6.07, 6.45) is 0. The lowest BCUT2D eigenvalue weighted by Crippen LogP contribution is -2.40. The van der Waals surface area contributed by atoms with Crippen LogP contribution in [0.3, 0.4) is 0 Å². The number of carbonyl (C=O) groups excluding carboxylic acids is 1. The Labute approximate surface area is 146 Å². The van der Waals surface area contributed by atoms with Crippen LogP contribution >= 0.6 is 0 Å². The van der Waals surface area contributed by atoms with Crippen LogP contribution in [0.4, 0.5) is 14.5 Å². The lowest BCUT2D eigenvalue weighted by Gasteiger charge is -2.27. The van der Waals surface area contributed by atoms with Crippen LogP contribution < -0.4 is 5.32 Å². The van der Waals surface area contributed by atoms with Crippen molar-refractivity contribution in [2.45, 2.75) is 19.1 Å². The highest BCUT2D eigenvalue weighted by atomic mass is 19.1. The molecule has 0 unspecified atom stereocenters. The third kappa shape index (κ3) is 4.21. The number of halogens is 2. The number of hydrogen-bond acceptors (Lipinski definition) is 3. The fraction of sp³-hybridized carbons (Fsp3) is 0.316. The summed E-state index contributed by atoms with van der Waals surface area (Å²) in [6, 6.07) is 10.4. The molecule has 0 saturated carbocycles. The summed E-state index contributed by atoms with van der Waals surface area (Å²) in [5.41, 5.74) is -0.698. The van der Waals surface area contributed by atoms with Gasteiger partial charge in [-0.05, 0) is 44.8 Å². The SMILES string of the molecule is CO[C@](C)(C(=O)Nc1ccc(CN(C)C)cc1F)c1ccccc1F. The van der Waals surface area contributed by atoms with Gasteiger partial charge in [-0.3, -0.25) is 4.79 Å². The van der Waals surface area contributed by atoms with E-state index in [1.165, 1.54) is 44.4 Å². The standard InChI is InChI=1S/C19H22F2N2O2/c1-19(25-4,14-7-5-6-8-15(14)20)18(24)22-17-10-9-13(11-16(17)21)12-23(2)3/h5-11H,12H2,1-4H3,(H,22,24)/t19-/m0/s1. The predicted molar refractivity (Wildman–Crippen MR) is 93.2 cm³/mol. The van der Waals surface area contributed by atoms with Gasteiger partial charge in [0.05, 0.1) is 5.69 Å². The molecule has 1 atom stereocenters. The van der Waals surface area contributed by atoms with Crippen LogP contribution in [0.1, 0.15) is 18.1 Å². The van der Waals surface area contributed by atoms with E-state index in [0.717, 1.165) is 5.56 Å². The van der Waals surface area contributed by atoms with Crippen molar-refractivity contribution in [3.8, 4) is 0 Å². The fourth-order valence-electron chi connectivity index (χ4n) is 2.54. The van der Waals surface area contributed by atoms with Crippen molar-refractivity contribution < 1.29 is 18.3 Å². The molecule has 0 aliphatic carbocycles. The second kappa shape index (κ2) is 7.72. The van der Waals surface area contributed by atoms with Gasteiger partial charge in [0.2, 0.25) is 0 Å². The lowest BCUT2D eigenvalue weighted by molar-refractivity contribution is -0.137. The highest BCUT2D eigenvalue weighted by molar-refractivity contribution is 5.97. The lowest BCUT2D eigenvalue weighted by atomic mass is 9.94. The Morgan fingerprint density at radius 1 is 1.16 bits per heavy atom. The summed E-state index contributed by atoms with van der Waals surface area (Å²) >= 11 is 0. The number of rotatable bonds is 6. The van der Waals surface area contributed by atoms with Crippen LogP contribution in [0, 0.1) is 11.6 Å². The van der Waals surface area contributed by atoms with E-state index in [9.17, 15) is 13.6 Å². The highest BCUT2D eigenvalue weighted by Gasteiger charge is 2.38. The van der Waals surface area contributed by atoms with Crippen molar-refractivity contribution in [3.05, 3.63) is 65.2 Å². The summed E-state index contributed by atoms with van der Waals surface area (Å²) in [7, 11) is 5.07. The highest BCUT2D eigenvalue weighted by Crippen LogP contribution is 2.29. The molecule has 0 heterocycles. The predicted octanol–water partition coefficient (Wildman–Crippen LogP) is 3.53. The van der Waals surface area contributed by atoms with Crippen molar-refractivity contribution in [3.63, 3.8) is 0 Å². The van der Waals surface area contributed by atoms with Crippen LogP contribution in [0.2, 0.25) is 0 Å². The molecular weight excluding hydrogens is 326 g/mol. The number of methoxy groups -OCH3 is 1. The second-order valence-corrected chi connectivity index (χ2v) is 6.22. The average molecular weight is 348 g/mol. The maximum absolute atomic E-state index is 14.3. The molecule has 0 radical (unpaired) electrons. The number of nitrogens with one attached hydrogen (secondary N) is 1. The summed E-state index contributed by atoms with van der Waals surface area (Å²) in [6.45, 7) is 2.02. The Morgan fingerprint density at radius 3 is 2.40 bits per heavy atom. The number of carbonyl (C=O) groups is 1. The minimum Gasteiger partial charge on any atom is -0.364 e.